The number of hydrogen-bond donors (Lipinski definition) is 1. The summed E-state index contributed by atoms with van der Waals surface area (Å²) in [5, 5.41) is 8.27. The molecule has 1 aromatic rings. The highest BCUT2D eigenvalue weighted by molar-refractivity contribution is 7.89. The molecule has 112 valence electrons. The van der Waals surface area contributed by atoms with Crippen LogP contribution in [0.1, 0.15) is 0 Å². The first-order valence-electron chi connectivity index (χ1n) is 5.07. The van der Waals surface area contributed by atoms with Crippen molar-refractivity contribution in [2.45, 2.75) is 11.1 Å². The summed E-state index contributed by atoms with van der Waals surface area (Å²) in [4.78, 5) is 9.98. The Kier molecular flexibility index (Phi) is 5.00. The predicted octanol–water partition coefficient (Wildman–Crippen LogP) is 1.98. The van der Waals surface area contributed by atoms with Crippen LogP contribution in [-0.4, -0.2) is 43.1 Å². The number of halogens is 4. The van der Waals surface area contributed by atoms with Gasteiger partial charge in [0.1, 0.15) is 18.0 Å². The van der Waals surface area contributed by atoms with E-state index in [2.05, 4.69) is 0 Å². The molecule has 0 unspecified atom stereocenters. The van der Waals surface area contributed by atoms with Gasteiger partial charge in [-0.2, -0.15) is 17.5 Å². The number of alkyl halides is 3. The molecule has 0 heterocycles. The number of benzene rings is 1. The van der Waals surface area contributed by atoms with Gasteiger partial charge in [0, 0.05) is 0 Å². The number of carboxylic acids is 1. The summed E-state index contributed by atoms with van der Waals surface area (Å²) in [6.45, 7) is -3.22. The fourth-order valence-electron chi connectivity index (χ4n) is 1.37. The first kappa shape index (κ1) is 16.7. The highest BCUT2D eigenvalue weighted by Crippen LogP contribution is 2.27. The summed E-state index contributed by atoms with van der Waals surface area (Å²) in [6, 6.07) is 4.85. The lowest BCUT2D eigenvalue weighted by Gasteiger charge is -2.22. The van der Waals surface area contributed by atoms with Crippen LogP contribution in [0, 0.1) is 0 Å². The van der Waals surface area contributed by atoms with Crippen molar-refractivity contribution in [3.05, 3.63) is 29.3 Å². The topological polar surface area (TPSA) is 74.7 Å². The molecule has 1 N–H and O–H groups in total. The molecule has 0 bridgehead atoms. The first-order chi connectivity index (χ1) is 9.04. The number of sulfonamides is 1. The predicted molar refractivity (Wildman–Crippen MR) is 63.9 cm³/mol. The maximum atomic E-state index is 12.4. The molecule has 0 saturated carbocycles. The standard InChI is InChI=1S/C10H9ClF3NO4S/c11-7-3-1-2-4-8(7)20(18,19)15(5-9(16)17)6-10(12,13)14/h1-4H,5-6H2,(H,16,17). The first-order valence-corrected chi connectivity index (χ1v) is 6.89. The molecular formula is C10H9ClF3NO4S. The quantitative estimate of drug-likeness (QED) is 0.895. The van der Waals surface area contributed by atoms with Gasteiger partial charge in [0.2, 0.25) is 10.0 Å². The van der Waals surface area contributed by atoms with Crippen LogP contribution >= 0.6 is 11.6 Å². The maximum Gasteiger partial charge on any atom is 0.402 e. The smallest absolute Gasteiger partial charge is 0.402 e. The lowest BCUT2D eigenvalue weighted by molar-refractivity contribution is -0.146. The average Bonchev–Trinajstić information content (AvgIpc) is 2.25. The molecule has 0 atom stereocenters. The second-order valence-corrected chi connectivity index (χ2v) is 6.03. The van der Waals surface area contributed by atoms with Crippen molar-refractivity contribution in [2.75, 3.05) is 13.1 Å². The van der Waals surface area contributed by atoms with Crippen molar-refractivity contribution in [3.63, 3.8) is 0 Å². The molecule has 0 aliphatic rings. The third kappa shape index (κ3) is 4.36. The van der Waals surface area contributed by atoms with Gasteiger partial charge in [0.25, 0.3) is 0 Å². The molecule has 1 aromatic carbocycles. The molecule has 0 aliphatic heterocycles. The number of carboxylic acid groups (broad SMARTS) is 1. The molecule has 0 amide bonds. The molecule has 10 heteroatoms. The summed E-state index contributed by atoms with van der Waals surface area (Å²) in [5.74, 6) is -1.70. The van der Waals surface area contributed by atoms with Gasteiger partial charge in [0.15, 0.2) is 0 Å². The molecule has 20 heavy (non-hydrogen) atoms. The molecule has 1 rings (SSSR count). The van der Waals surface area contributed by atoms with Crippen molar-refractivity contribution in [3.8, 4) is 0 Å². The van der Waals surface area contributed by atoms with E-state index in [0.717, 1.165) is 6.07 Å². The Morgan fingerprint density at radius 2 is 1.85 bits per heavy atom. The minimum absolute atomic E-state index is 0.184. The van der Waals surface area contributed by atoms with E-state index >= 15 is 0 Å². The Morgan fingerprint density at radius 1 is 1.30 bits per heavy atom. The lowest BCUT2D eigenvalue weighted by atomic mass is 10.4. The van der Waals surface area contributed by atoms with Crippen molar-refractivity contribution < 1.29 is 31.5 Å². The highest BCUT2D eigenvalue weighted by Gasteiger charge is 2.38. The maximum absolute atomic E-state index is 12.4. The fraction of sp³-hybridized carbons (Fsp3) is 0.300. The molecular weight excluding hydrogens is 323 g/mol. The molecule has 0 saturated heterocycles. The van der Waals surface area contributed by atoms with Crippen molar-refractivity contribution in [2.24, 2.45) is 0 Å². The van der Waals surface area contributed by atoms with Crippen LogP contribution < -0.4 is 0 Å². The van der Waals surface area contributed by atoms with E-state index in [0.29, 0.717) is 0 Å². The van der Waals surface area contributed by atoms with E-state index in [1.165, 1.54) is 18.2 Å². The van der Waals surface area contributed by atoms with Crippen LogP contribution in [0.2, 0.25) is 5.02 Å². The Balaban J connectivity index is 3.24. The van der Waals surface area contributed by atoms with Gasteiger partial charge < -0.3 is 5.11 Å². The summed E-state index contributed by atoms with van der Waals surface area (Å²) >= 11 is 5.63. The summed E-state index contributed by atoms with van der Waals surface area (Å²) in [7, 11) is -4.66. The lowest BCUT2D eigenvalue weighted by Crippen LogP contribution is -2.42. The molecule has 0 fully saturated rings. The van der Waals surface area contributed by atoms with Gasteiger partial charge in [-0.05, 0) is 12.1 Å². The average molecular weight is 332 g/mol. The SMILES string of the molecule is O=C(O)CN(CC(F)(F)F)S(=O)(=O)c1ccccc1Cl. The Bertz CT molecular complexity index is 603. The number of rotatable bonds is 5. The van der Waals surface area contributed by atoms with Crippen LogP contribution in [0.5, 0.6) is 0 Å². The van der Waals surface area contributed by atoms with E-state index in [-0.39, 0.29) is 9.33 Å². The summed E-state index contributed by atoms with van der Waals surface area (Å²) in [6.07, 6.45) is -4.87. The monoisotopic (exact) mass is 331 g/mol. The summed E-state index contributed by atoms with van der Waals surface area (Å²) < 4.78 is 61.0. The van der Waals surface area contributed by atoms with Crippen molar-refractivity contribution >= 4 is 27.6 Å². The molecule has 0 aromatic heterocycles. The van der Waals surface area contributed by atoms with Crippen LogP contribution in [0.25, 0.3) is 0 Å². The number of hydrogen-bond acceptors (Lipinski definition) is 3. The second-order valence-electron chi connectivity index (χ2n) is 3.71. The Morgan fingerprint density at radius 3 is 2.30 bits per heavy atom. The van der Waals surface area contributed by atoms with Crippen molar-refractivity contribution in [1.29, 1.82) is 0 Å². The highest BCUT2D eigenvalue weighted by atomic mass is 35.5. The number of nitrogens with zero attached hydrogens (tertiary/aromatic N) is 1. The zero-order valence-corrected chi connectivity index (χ0v) is 11.3. The zero-order chi connectivity index (χ0) is 15.6. The van der Waals surface area contributed by atoms with E-state index in [4.69, 9.17) is 16.7 Å². The van der Waals surface area contributed by atoms with Gasteiger partial charge in [-0.1, -0.05) is 23.7 Å². The van der Waals surface area contributed by atoms with Gasteiger partial charge in [0.05, 0.1) is 5.02 Å². The fourth-order valence-corrected chi connectivity index (χ4v) is 3.24. The van der Waals surface area contributed by atoms with E-state index in [9.17, 15) is 26.4 Å². The van der Waals surface area contributed by atoms with Crippen LogP contribution in [0.3, 0.4) is 0 Å². The van der Waals surface area contributed by atoms with E-state index in [1.54, 1.807) is 0 Å². The number of aliphatic carboxylic acids is 1. The van der Waals surface area contributed by atoms with Gasteiger partial charge >= 0.3 is 12.1 Å². The minimum atomic E-state index is -4.87. The third-order valence-corrected chi connectivity index (χ3v) is 4.41. The second kappa shape index (κ2) is 5.98. The summed E-state index contributed by atoms with van der Waals surface area (Å²) in [5.41, 5.74) is 0. The third-order valence-electron chi connectivity index (χ3n) is 2.12. The van der Waals surface area contributed by atoms with Gasteiger partial charge in [-0.3, -0.25) is 4.79 Å². The zero-order valence-electron chi connectivity index (χ0n) is 9.76. The van der Waals surface area contributed by atoms with Crippen LogP contribution in [-0.2, 0) is 14.8 Å². The van der Waals surface area contributed by atoms with Crippen LogP contribution in [0.15, 0.2) is 29.2 Å². The number of carbonyl (C=O) groups is 1. The van der Waals surface area contributed by atoms with Gasteiger partial charge in [-0.25, -0.2) is 8.42 Å². The van der Waals surface area contributed by atoms with E-state index in [1.807, 2.05) is 0 Å². The molecule has 5 nitrogen and oxygen atoms in total. The molecule has 0 aliphatic carbocycles. The van der Waals surface area contributed by atoms with Gasteiger partial charge in [-0.15, -0.1) is 0 Å². The molecule has 0 spiro atoms. The largest absolute Gasteiger partial charge is 0.480 e. The molecule has 0 radical (unpaired) electrons. The minimum Gasteiger partial charge on any atom is -0.480 e. The van der Waals surface area contributed by atoms with Crippen LogP contribution in [0.4, 0.5) is 13.2 Å². The van der Waals surface area contributed by atoms with Crippen molar-refractivity contribution in [1.82, 2.24) is 4.31 Å². The normalized spacial score (nSPS) is 12.7. The van der Waals surface area contributed by atoms with E-state index < -0.39 is 40.2 Å². The Hall–Kier alpha value is -1.32. The Labute approximate surface area is 117 Å².